The van der Waals surface area contributed by atoms with Crippen molar-refractivity contribution in [1.29, 1.82) is 0 Å². The van der Waals surface area contributed by atoms with E-state index in [1.54, 1.807) is 18.2 Å². The molecule has 4 aliphatic rings. The number of aliphatic hydroxyl groups is 7. The highest BCUT2D eigenvalue weighted by atomic mass is 16.8. The summed E-state index contributed by atoms with van der Waals surface area (Å²) in [4.78, 5) is 0. The van der Waals surface area contributed by atoms with Gasteiger partial charge in [0.25, 0.3) is 0 Å². The monoisotopic (exact) mass is 448 g/mol. The molecule has 0 unspecified atom stereocenters. The number of fused-ring (bicyclic) bond motifs is 1. The lowest BCUT2D eigenvalue weighted by atomic mass is 9.91. The van der Waals surface area contributed by atoms with Crippen LogP contribution in [0.2, 0.25) is 0 Å². The summed E-state index contributed by atoms with van der Waals surface area (Å²) in [6.45, 7) is -0.766. The third-order valence-corrected chi connectivity index (χ3v) is 6.04. The number of hydrogen-bond acceptors (Lipinski definition) is 12. The van der Waals surface area contributed by atoms with Crippen molar-refractivity contribution in [2.75, 3.05) is 13.2 Å². The Hall–Kier alpha value is -1.16. The summed E-state index contributed by atoms with van der Waals surface area (Å²) in [6.07, 6.45) is -7.21. The zero-order chi connectivity index (χ0) is 22.3. The first-order valence-electron chi connectivity index (χ1n) is 10.1. The fraction of sp³-hybridized carbons (Fsp3) is 0.789. The van der Waals surface area contributed by atoms with Gasteiger partial charge in [0.05, 0.1) is 25.6 Å². The first kappa shape index (κ1) is 23.0. The van der Waals surface area contributed by atoms with Gasteiger partial charge in [0.1, 0.15) is 42.7 Å². The Morgan fingerprint density at radius 1 is 0.742 bits per heavy atom. The van der Waals surface area contributed by atoms with E-state index in [0.29, 0.717) is 0 Å². The lowest BCUT2D eigenvalue weighted by Crippen LogP contribution is -2.60. The highest BCUT2D eigenvalue weighted by Gasteiger charge is 2.48. The molecule has 2 fully saturated rings. The Balaban J connectivity index is 1.39. The third-order valence-electron chi connectivity index (χ3n) is 6.04. The van der Waals surface area contributed by atoms with Crippen molar-refractivity contribution in [1.82, 2.24) is 0 Å². The van der Waals surface area contributed by atoms with E-state index in [2.05, 4.69) is 0 Å². The van der Waals surface area contributed by atoms with Crippen LogP contribution in [0.3, 0.4) is 0 Å². The van der Waals surface area contributed by atoms with Gasteiger partial charge in [-0.25, -0.2) is 0 Å². The molecule has 0 amide bonds. The molecule has 0 spiro atoms. The molecule has 1 aliphatic carbocycles. The van der Waals surface area contributed by atoms with Crippen molar-refractivity contribution < 1.29 is 59.4 Å². The molecule has 13 atom stereocenters. The van der Waals surface area contributed by atoms with Crippen LogP contribution in [0.5, 0.6) is 0 Å². The molecule has 3 aliphatic heterocycles. The van der Waals surface area contributed by atoms with Crippen LogP contribution in [-0.4, -0.2) is 117 Å². The van der Waals surface area contributed by atoms with Gasteiger partial charge in [-0.2, -0.15) is 0 Å². The maximum atomic E-state index is 10.2. The molecule has 12 nitrogen and oxygen atoms in total. The minimum Gasteiger partial charge on any atom is -0.472 e. The molecular formula is C19H28O12. The zero-order valence-corrected chi connectivity index (χ0v) is 16.4. The molecule has 0 aromatic carbocycles. The van der Waals surface area contributed by atoms with E-state index in [9.17, 15) is 35.7 Å². The van der Waals surface area contributed by atoms with Gasteiger partial charge >= 0.3 is 0 Å². The summed E-state index contributed by atoms with van der Waals surface area (Å²) in [6, 6.07) is 0. The maximum absolute atomic E-state index is 10.2. The lowest BCUT2D eigenvalue weighted by molar-refractivity contribution is -0.340. The molecule has 0 saturated carbocycles. The molecule has 3 heterocycles. The minimum atomic E-state index is -1.58. The number of hydrogen-bond donors (Lipinski definition) is 7. The summed E-state index contributed by atoms with van der Waals surface area (Å²) in [5.41, 5.74) is 0. The zero-order valence-electron chi connectivity index (χ0n) is 16.4. The molecule has 4 rings (SSSR count). The van der Waals surface area contributed by atoms with Crippen LogP contribution >= 0.6 is 0 Å². The number of aliphatic hydroxyl groups excluding tert-OH is 7. The Kier molecular flexibility index (Phi) is 6.96. The molecule has 2 saturated heterocycles. The highest BCUT2D eigenvalue weighted by molar-refractivity contribution is 5.17. The predicted molar refractivity (Wildman–Crippen MR) is 97.6 cm³/mol. The Morgan fingerprint density at radius 2 is 1.48 bits per heavy atom. The van der Waals surface area contributed by atoms with Crippen LogP contribution in [0, 0.1) is 11.8 Å². The second kappa shape index (κ2) is 9.37. The fourth-order valence-corrected chi connectivity index (χ4v) is 4.15. The van der Waals surface area contributed by atoms with E-state index in [1.807, 2.05) is 0 Å². The number of ether oxygens (including phenoxy) is 5. The Bertz CT molecular complexity index is 670. The summed E-state index contributed by atoms with van der Waals surface area (Å²) in [5, 5.41) is 68.8. The lowest BCUT2D eigenvalue weighted by Gasteiger charge is -2.42. The van der Waals surface area contributed by atoms with Gasteiger partial charge in [0.2, 0.25) is 6.29 Å². The molecular weight excluding hydrogens is 420 g/mol. The molecule has 0 bridgehead atoms. The van der Waals surface area contributed by atoms with E-state index in [0.717, 1.165) is 0 Å². The van der Waals surface area contributed by atoms with Crippen LogP contribution in [-0.2, 0) is 23.7 Å². The molecule has 0 aromatic heterocycles. The fourth-order valence-electron chi connectivity index (χ4n) is 4.15. The average molecular weight is 448 g/mol. The SMILES string of the molecule is OC[C@H]1O[C@@H](O[C@@H]2OC=C[C@@H]3[C@H]2C=C[C@H]3O[C@@H]2OC[C@@H](O)[C@H](O)[C@H]2O)[C@H](O)[C@@H](O)[C@@H]1O. The molecule has 176 valence electrons. The van der Waals surface area contributed by atoms with Crippen molar-refractivity contribution in [2.45, 2.75) is 67.7 Å². The Morgan fingerprint density at radius 3 is 2.23 bits per heavy atom. The number of rotatable bonds is 5. The molecule has 0 aromatic rings. The van der Waals surface area contributed by atoms with Crippen LogP contribution in [0.15, 0.2) is 24.5 Å². The van der Waals surface area contributed by atoms with E-state index in [-0.39, 0.29) is 12.5 Å². The second-order valence-corrected chi connectivity index (χ2v) is 8.06. The van der Waals surface area contributed by atoms with Crippen molar-refractivity contribution >= 4 is 0 Å². The topological polar surface area (TPSA) is 188 Å². The van der Waals surface area contributed by atoms with Crippen LogP contribution in [0.25, 0.3) is 0 Å². The van der Waals surface area contributed by atoms with Crippen molar-refractivity contribution in [2.24, 2.45) is 11.8 Å². The van der Waals surface area contributed by atoms with Crippen molar-refractivity contribution in [3.05, 3.63) is 24.5 Å². The third kappa shape index (κ3) is 4.38. The van der Waals surface area contributed by atoms with Gasteiger partial charge < -0.3 is 59.4 Å². The van der Waals surface area contributed by atoms with Crippen LogP contribution < -0.4 is 0 Å². The van der Waals surface area contributed by atoms with Gasteiger partial charge in [0, 0.05) is 11.8 Å². The van der Waals surface area contributed by atoms with Crippen molar-refractivity contribution in [3.63, 3.8) is 0 Å². The van der Waals surface area contributed by atoms with Gasteiger partial charge in [-0.3, -0.25) is 0 Å². The largest absolute Gasteiger partial charge is 0.472 e. The summed E-state index contributed by atoms with van der Waals surface area (Å²) >= 11 is 0. The Labute approximate surface area is 177 Å². The van der Waals surface area contributed by atoms with Gasteiger partial charge in [-0.1, -0.05) is 12.2 Å². The first-order chi connectivity index (χ1) is 14.8. The van der Waals surface area contributed by atoms with Crippen molar-refractivity contribution in [3.8, 4) is 0 Å². The molecule has 7 N–H and O–H groups in total. The van der Waals surface area contributed by atoms with Gasteiger partial charge in [0.15, 0.2) is 12.6 Å². The highest BCUT2D eigenvalue weighted by Crippen LogP contribution is 2.39. The van der Waals surface area contributed by atoms with Crippen LogP contribution in [0.1, 0.15) is 0 Å². The quantitative estimate of drug-likeness (QED) is 0.204. The van der Waals surface area contributed by atoms with Gasteiger partial charge in [-0.15, -0.1) is 0 Å². The van der Waals surface area contributed by atoms with Gasteiger partial charge in [-0.05, 0) is 6.08 Å². The minimum absolute atomic E-state index is 0.185. The summed E-state index contributed by atoms with van der Waals surface area (Å²) in [5.74, 6) is -0.693. The molecule has 31 heavy (non-hydrogen) atoms. The standard InChI is InChI=1S/C19H28O12/c20-5-11-13(23)14(24)16(26)19(30-11)31-17-8-1-2-10(7(8)3-4-27-17)29-18-15(25)12(22)9(21)6-28-18/h1-4,7-26H,5-6H2/t7-,8-,9-,10-,11-,12+,13-,14+,15-,16-,17+,18+,19+/m1/s1. The molecule has 12 heteroatoms. The second-order valence-electron chi connectivity index (χ2n) is 8.06. The van der Waals surface area contributed by atoms with E-state index < -0.39 is 80.2 Å². The summed E-state index contributed by atoms with van der Waals surface area (Å²) < 4.78 is 27.7. The molecule has 0 radical (unpaired) electrons. The van der Waals surface area contributed by atoms with E-state index >= 15 is 0 Å². The predicted octanol–water partition coefficient (Wildman–Crippen LogP) is -3.70. The maximum Gasteiger partial charge on any atom is 0.208 e. The van der Waals surface area contributed by atoms with Crippen LogP contribution in [0.4, 0.5) is 0 Å². The first-order valence-corrected chi connectivity index (χ1v) is 10.1. The average Bonchev–Trinajstić information content (AvgIpc) is 3.18. The normalized spacial score (nSPS) is 52.0. The smallest absolute Gasteiger partial charge is 0.208 e. The van der Waals surface area contributed by atoms with E-state index in [4.69, 9.17) is 23.7 Å². The van der Waals surface area contributed by atoms with E-state index in [1.165, 1.54) is 6.26 Å². The summed E-state index contributed by atoms with van der Waals surface area (Å²) in [7, 11) is 0.